The Balaban J connectivity index is 2.65. The zero-order chi connectivity index (χ0) is 21.7. The van der Waals surface area contributed by atoms with Gasteiger partial charge in [-0.2, -0.15) is 29.0 Å². The highest BCUT2D eigenvalue weighted by atomic mass is 32.2. The van der Waals surface area contributed by atoms with Crippen molar-refractivity contribution in [2.45, 2.75) is 64.9 Å². The third kappa shape index (κ3) is 4.20. The van der Waals surface area contributed by atoms with Gasteiger partial charge in [-0.1, -0.05) is 37.4 Å². The van der Waals surface area contributed by atoms with Crippen LogP contribution >= 0.6 is 23.5 Å². The van der Waals surface area contributed by atoms with Gasteiger partial charge < -0.3 is 0 Å². The first kappa shape index (κ1) is 22.6. The van der Waals surface area contributed by atoms with Gasteiger partial charge in [0.15, 0.2) is 10.3 Å². The lowest BCUT2D eigenvalue weighted by atomic mass is 10.7. The molecule has 0 fully saturated rings. The third-order valence-corrected chi connectivity index (χ3v) is 5.84. The predicted octanol–water partition coefficient (Wildman–Crippen LogP) is 2.04. The normalized spacial score (nSPS) is 13.1. The van der Waals surface area contributed by atoms with E-state index in [1.165, 1.54) is 0 Å². The van der Waals surface area contributed by atoms with Crippen LogP contribution in [-0.2, 0) is 13.1 Å². The van der Waals surface area contributed by atoms with Gasteiger partial charge >= 0.3 is 0 Å². The SMILES string of the molecule is CCN=c1nc(SCC)n2c(n1)n(CC)n1c(SCC)nc(=NCC)nc1n2CC. The van der Waals surface area contributed by atoms with Crippen molar-refractivity contribution in [2.75, 3.05) is 24.6 Å². The predicted molar refractivity (Wildman–Crippen MR) is 121 cm³/mol. The number of thioether (sulfide) groups is 2. The first-order chi connectivity index (χ1) is 14.6. The molecule has 3 aromatic rings. The molecule has 0 amide bonds. The Kier molecular flexibility index (Phi) is 7.75. The lowest BCUT2D eigenvalue weighted by Gasteiger charge is -2.23. The van der Waals surface area contributed by atoms with Crippen LogP contribution in [0, 0.1) is 0 Å². The maximum atomic E-state index is 4.80. The van der Waals surface area contributed by atoms with Crippen molar-refractivity contribution in [2.24, 2.45) is 9.98 Å². The van der Waals surface area contributed by atoms with E-state index in [9.17, 15) is 0 Å². The maximum Gasteiger partial charge on any atom is 0.250 e. The van der Waals surface area contributed by atoms with Crippen molar-refractivity contribution in [1.29, 1.82) is 0 Å². The molecule has 0 atom stereocenters. The van der Waals surface area contributed by atoms with Gasteiger partial charge in [0, 0.05) is 26.2 Å². The minimum absolute atomic E-state index is 0.501. The highest BCUT2D eigenvalue weighted by Gasteiger charge is 2.18. The van der Waals surface area contributed by atoms with Crippen molar-refractivity contribution in [3.8, 4) is 0 Å². The Morgan fingerprint density at radius 3 is 1.33 bits per heavy atom. The first-order valence-corrected chi connectivity index (χ1v) is 12.4. The van der Waals surface area contributed by atoms with Crippen LogP contribution < -0.4 is 11.2 Å². The number of hydrogen-bond acceptors (Lipinski definition) is 8. The summed E-state index contributed by atoms with van der Waals surface area (Å²) in [5.74, 6) is 3.31. The van der Waals surface area contributed by atoms with Crippen molar-refractivity contribution in [1.82, 2.24) is 38.3 Å². The van der Waals surface area contributed by atoms with Crippen molar-refractivity contribution in [3.05, 3.63) is 11.2 Å². The molecule has 0 radical (unpaired) electrons. The first-order valence-electron chi connectivity index (χ1n) is 10.5. The van der Waals surface area contributed by atoms with E-state index in [-0.39, 0.29) is 0 Å². The van der Waals surface area contributed by atoms with Crippen molar-refractivity contribution >= 4 is 35.1 Å². The van der Waals surface area contributed by atoms with Crippen molar-refractivity contribution < 1.29 is 0 Å². The fourth-order valence-corrected chi connectivity index (χ4v) is 4.54. The molecule has 12 heteroatoms. The molecular weight excluding hydrogens is 420 g/mol. The average molecular weight is 451 g/mol. The van der Waals surface area contributed by atoms with Crippen LogP contribution in [0.15, 0.2) is 20.3 Å². The smallest absolute Gasteiger partial charge is 0.250 e. The van der Waals surface area contributed by atoms with E-state index in [2.05, 4.69) is 47.0 Å². The Labute approximate surface area is 184 Å². The summed E-state index contributed by atoms with van der Waals surface area (Å²) < 4.78 is 8.27. The number of aryl methyl sites for hydroxylation is 2. The monoisotopic (exact) mass is 450 g/mol. The Hall–Kier alpha value is -2.08. The molecule has 0 aliphatic rings. The highest BCUT2D eigenvalue weighted by Crippen LogP contribution is 2.19. The molecule has 0 N–H and O–H groups in total. The number of fused-ring (bicyclic) bond motifs is 2. The molecule has 0 aliphatic heterocycles. The number of nitrogens with zero attached hydrogens (tertiary/aromatic N) is 10. The van der Waals surface area contributed by atoms with E-state index in [0.717, 1.165) is 33.4 Å². The summed E-state index contributed by atoms with van der Waals surface area (Å²) in [5.41, 5.74) is 1.00. The fourth-order valence-electron chi connectivity index (χ4n) is 3.13. The van der Waals surface area contributed by atoms with Crippen LogP contribution in [0.5, 0.6) is 0 Å². The maximum absolute atomic E-state index is 4.80. The molecule has 164 valence electrons. The minimum Gasteiger partial charge on any atom is -0.250 e. The molecule has 3 aromatic heterocycles. The standard InChI is InChI=1S/C18H30N10S2/c1-7-19-13-21-15-25(9-3)28-16(22-14(20-8-2)24-18(28)30-12-6)26(10-4)27(15)17(23-13)29-11-5/h7-12H2,1-6H3. The van der Waals surface area contributed by atoms with Gasteiger partial charge in [0.05, 0.1) is 0 Å². The lowest BCUT2D eigenvalue weighted by molar-refractivity contribution is 0.443. The second-order valence-corrected chi connectivity index (χ2v) is 8.54. The summed E-state index contributed by atoms with van der Waals surface area (Å²) >= 11 is 3.33. The van der Waals surface area contributed by atoms with Crippen LogP contribution in [-0.4, -0.2) is 62.9 Å². The van der Waals surface area contributed by atoms with Crippen molar-refractivity contribution in [3.63, 3.8) is 0 Å². The topological polar surface area (TPSA) is 95.0 Å². The summed E-state index contributed by atoms with van der Waals surface area (Å²) in [4.78, 5) is 28.0. The van der Waals surface area contributed by atoms with E-state index in [4.69, 9.17) is 19.9 Å². The zero-order valence-electron chi connectivity index (χ0n) is 18.5. The molecule has 3 rings (SSSR count). The second-order valence-electron chi connectivity index (χ2n) is 6.08. The second kappa shape index (κ2) is 10.3. The Bertz CT molecular complexity index is 1090. The van der Waals surface area contributed by atoms with Gasteiger partial charge in [-0.05, 0) is 39.2 Å². The molecule has 10 nitrogen and oxygen atoms in total. The van der Waals surface area contributed by atoms with Crippen LogP contribution in [0.2, 0.25) is 0 Å². The van der Waals surface area contributed by atoms with E-state index < -0.39 is 0 Å². The number of aromatic nitrogens is 8. The quantitative estimate of drug-likeness (QED) is 0.385. The molecule has 0 saturated heterocycles. The van der Waals surface area contributed by atoms with Gasteiger partial charge in [0.2, 0.25) is 0 Å². The third-order valence-electron chi connectivity index (χ3n) is 4.22. The van der Waals surface area contributed by atoms with Gasteiger partial charge in [-0.3, -0.25) is 0 Å². The summed E-state index contributed by atoms with van der Waals surface area (Å²) in [7, 11) is 0. The Morgan fingerprint density at radius 2 is 1.03 bits per heavy atom. The van der Waals surface area contributed by atoms with Gasteiger partial charge in [-0.15, -0.1) is 0 Å². The van der Waals surface area contributed by atoms with Crippen LogP contribution in [0.1, 0.15) is 41.5 Å². The molecule has 0 aliphatic carbocycles. The van der Waals surface area contributed by atoms with Crippen LogP contribution in [0.3, 0.4) is 0 Å². The fraction of sp³-hybridized carbons (Fsp3) is 0.667. The van der Waals surface area contributed by atoms with Crippen LogP contribution in [0.25, 0.3) is 11.6 Å². The minimum atomic E-state index is 0.501. The molecule has 0 bridgehead atoms. The largest absolute Gasteiger partial charge is 0.250 e. The molecule has 3 heterocycles. The van der Waals surface area contributed by atoms with E-state index >= 15 is 0 Å². The van der Waals surface area contributed by atoms with Crippen LogP contribution in [0.4, 0.5) is 0 Å². The molecule has 0 saturated carbocycles. The molecule has 0 spiro atoms. The Morgan fingerprint density at radius 1 is 0.633 bits per heavy atom. The molecule has 0 aromatic carbocycles. The molecule has 30 heavy (non-hydrogen) atoms. The summed E-state index contributed by atoms with van der Waals surface area (Å²) in [5, 5.41) is 1.69. The van der Waals surface area contributed by atoms with Gasteiger partial charge in [0.25, 0.3) is 22.8 Å². The molecule has 0 unspecified atom stereocenters. The summed E-state index contributed by atoms with van der Waals surface area (Å²) in [6.45, 7) is 15.1. The van der Waals surface area contributed by atoms with Gasteiger partial charge in [0.1, 0.15) is 0 Å². The average Bonchev–Trinajstić information content (AvgIpc) is 2.73. The number of hydrogen-bond donors (Lipinski definition) is 0. The summed E-state index contributed by atoms with van der Waals surface area (Å²) in [6.07, 6.45) is 0. The van der Waals surface area contributed by atoms with E-state index in [0.29, 0.717) is 37.4 Å². The highest BCUT2D eigenvalue weighted by molar-refractivity contribution is 7.99. The lowest BCUT2D eigenvalue weighted by Crippen LogP contribution is -2.33. The van der Waals surface area contributed by atoms with E-state index in [1.807, 2.05) is 22.9 Å². The molecular formula is C18H30N10S2. The summed E-state index contributed by atoms with van der Waals surface area (Å²) in [6, 6.07) is 0. The van der Waals surface area contributed by atoms with Gasteiger partial charge in [-0.25, -0.2) is 19.3 Å². The number of rotatable bonds is 8. The van der Waals surface area contributed by atoms with E-state index in [1.54, 1.807) is 23.5 Å². The zero-order valence-corrected chi connectivity index (χ0v) is 20.2.